The molecular formula is C26H28ClN7OS. The molecule has 0 bridgehead atoms. The molecule has 0 unspecified atom stereocenters. The van der Waals surface area contributed by atoms with Crippen molar-refractivity contribution in [3.63, 3.8) is 0 Å². The van der Waals surface area contributed by atoms with Gasteiger partial charge in [-0.25, -0.2) is 15.0 Å². The summed E-state index contributed by atoms with van der Waals surface area (Å²) in [6, 6.07) is 5.72. The fourth-order valence-electron chi connectivity index (χ4n) is 4.64. The highest BCUT2D eigenvalue weighted by Crippen LogP contribution is 2.42. The second-order valence-electron chi connectivity index (χ2n) is 9.32. The lowest BCUT2D eigenvalue weighted by atomic mass is 9.73. The maximum Gasteiger partial charge on any atom is 0.158 e. The van der Waals surface area contributed by atoms with E-state index in [1.54, 1.807) is 18.6 Å². The van der Waals surface area contributed by atoms with E-state index in [0.29, 0.717) is 21.6 Å². The lowest BCUT2D eigenvalue weighted by molar-refractivity contribution is 0.0974. The van der Waals surface area contributed by atoms with Gasteiger partial charge in [0.1, 0.15) is 16.5 Å². The van der Waals surface area contributed by atoms with E-state index < -0.39 is 0 Å². The molecule has 5 rings (SSSR count). The van der Waals surface area contributed by atoms with E-state index in [9.17, 15) is 0 Å². The van der Waals surface area contributed by atoms with Crippen LogP contribution in [0.5, 0.6) is 0 Å². The van der Waals surface area contributed by atoms with Crippen LogP contribution in [0.2, 0.25) is 5.02 Å². The van der Waals surface area contributed by atoms with Crippen molar-refractivity contribution in [1.29, 1.82) is 0 Å². The van der Waals surface area contributed by atoms with Crippen LogP contribution in [0.4, 0.5) is 11.6 Å². The molecule has 0 saturated carbocycles. The van der Waals surface area contributed by atoms with Crippen molar-refractivity contribution in [1.82, 2.24) is 19.9 Å². The number of nitrogen functional groups attached to an aromatic ring is 1. The maximum atomic E-state index is 6.62. The largest absolute Gasteiger partial charge is 0.381 e. The Bertz CT molecular complexity index is 1320. The Kier molecular flexibility index (Phi) is 7.04. The lowest BCUT2D eigenvalue weighted by Crippen LogP contribution is -2.50. The van der Waals surface area contributed by atoms with Gasteiger partial charge in [-0.05, 0) is 50.8 Å². The third-order valence-corrected chi connectivity index (χ3v) is 8.54. The Morgan fingerprint density at radius 1 is 1.14 bits per heavy atom. The predicted molar refractivity (Wildman–Crippen MR) is 142 cm³/mol. The van der Waals surface area contributed by atoms with E-state index in [1.807, 2.05) is 25.1 Å². The van der Waals surface area contributed by atoms with Crippen molar-refractivity contribution < 1.29 is 4.74 Å². The van der Waals surface area contributed by atoms with Crippen molar-refractivity contribution in [2.45, 2.75) is 48.8 Å². The zero-order chi connectivity index (χ0) is 25.3. The fraction of sp³-hybridized carbons (Fsp3) is 0.385. The minimum Gasteiger partial charge on any atom is -0.381 e. The number of aromatic nitrogens is 4. The molecule has 10 heteroatoms. The summed E-state index contributed by atoms with van der Waals surface area (Å²) in [6.45, 7) is 6.41. The van der Waals surface area contributed by atoms with Gasteiger partial charge in [-0.15, -0.1) is 0 Å². The Labute approximate surface area is 220 Å². The first-order chi connectivity index (χ1) is 17.3. The zero-order valence-electron chi connectivity index (χ0n) is 20.2. The van der Waals surface area contributed by atoms with Crippen molar-refractivity contribution in [3.05, 3.63) is 58.8 Å². The third-order valence-electron chi connectivity index (χ3n) is 6.98. The number of halogens is 1. The van der Waals surface area contributed by atoms with E-state index in [-0.39, 0.29) is 17.6 Å². The summed E-state index contributed by atoms with van der Waals surface area (Å²) >= 11 is 7.97. The minimum atomic E-state index is 0.0549. The van der Waals surface area contributed by atoms with Crippen LogP contribution in [-0.4, -0.2) is 51.8 Å². The predicted octanol–water partition coefficient (Wildman–Crippen LogP) is 3.69. The number of nitrogens with zero attached hydrogens (tertiary/aromatic N) is 5. The second kappa shape index (κ2) is 10.2. The molecule has 2 saturated heterocycles. The highest BCUT2D eigenvalue weighted by Gasteiger charge is 2.47. The Morgan fingerprint density at radius 2 is 1.94 bits per heavy atom. The molecule has 0 aromatic carbocycles. The number of pyridine rings is 2. The molecule has 3 aromatic rings. The molecule has 3 aromatic heterocycles. The van der Waals surface area contributed by atoms with E-state index >= 15 is 0 Å². The van der Waals surface area contributed by atoms with Gasteiger partial charge in [0.15, 0.2) is 5.82 Å². The van der Waals surface area contributed by atoms with Gasteiger partial charge in [0.25, 0.3) is 0 Å². The molecule has 1 spiro atoms. The van der Waals surface area contributed by atoms with Crippen LogP contribution >= 0.6 is 23.4 Å². The van der Waals surface area contributed by atoms with E-state index in [2.05, 4.69) is 43.6 Å². The SMILES string of the molecule is Cc1ccc(C#Cc2nccc(Sc3ncc(N4CCC5(CC4)CO[C@@H](C)[C@H]5N)nc3N)c2Cl)cn1. The smallest absolute Gasteiger partial charge is 0.158 e. The van der Waals surface area contributed by atoms with Gasteiger partial charge in [0, 0.05) is 53.1 Å². The van der Waals surface area contributed by atoms with Crippen LogP contribution in [0.3, 0.4) is 0 Å². The summed E-state index contributed by atoms with van der Waals surface area (Å²) in [5, 5.41) is 1.04. The first-order valence-corrected chi connectivity index (χ1v) is 13.1. The van der Waals surface area contributed by atoms with Crippen LogP contribution in [0.25, 0.3) is 0 Å². The Hall–Kier alpha value is -2.90. The van der Waals surface area contributed by atoms with Gasteiger partial charge in [-0.2, -0.15) is 0 Å². The van der Waals surface area contributed by atoms with E-state index in [4.69, 9.17) is 27.8 Å². The number of hydrogen-bond acceptors (Lipinski definition) is 9. The number of nitrogens with two attached hydrogens (primary N) is 2. The number of anilines is 2. The summed E-state index contributed by atoms with van der Waals surface area (Å²) < 4.78 is 5.83. The molecule has 36 heavy (non-hydrogen) atoms. The summed E-state index contributed by atoms with van der Waals surface area (Å²) in [6.07, 6.45) is 7.20. The third kappa shape index (κ3) is 5.00. The van der Waals surface area contributed by atoms with Crippen molar-refractivity contribution in [3.8, 4) is 11.8 Å². The topological polar surface area (TPSA) is 116 Å². The highest BCUT2D eigenvalue weighted by atomic mass is 35.5. The van der Waals surface area contributed by atoms with Gasteiger partial charge < -0.3 is 21.1 Å². The Morgan fingerprint density at radius 3 is 2.61 bits per heavy atom. The number of piperidine rings is 1. The number of aryl methyl sites for hydroxylation is 1. The number of rotatable bonds is 3. The molecule has 0 radical (unpaired) electrons. The maximum absolute atomic E-state index is 6.62. The Balaban J connectivity index is 1.28. The van der Waals surface area contributed by atoms with Crippen LogP contribution in [-0.2, 0) is 4.74 Å². The summed E-state index contributed by atoms with van der Waals surface area (Å²) in [7, 11) is 0. The van der Waals surface area contributed by atoms with Crippen molar-refractivity contribution in [2.75, 3.05) is 30.3 Å². The molecule has 2 fully saturated rings. The molecule has 2 atom stereocenters. The first kappa shape index (κ1) is 24.8. The number of hydrogen-bond donors (Lipinski definition) is 2. The zero-order valence-corrected chi connectivity index (χ0v) is 21.8. The van der Waals surface area contributed by atoms with Gasteiger partial charge in [0.2, 0.25) is 0 Å². The van der Waals surface area contributed by atoms with Gasteiger partial charge in [-0.1, -0.05) is 29.3 Å². The molecule has 0 amide bonds. The van der Waals surface area contributed by atoms with Gasteiger partial charge in [-0.3, -0.25) is 4.98 Å². The highest BCUT2D eigenvalue weighted by molar-refractivity contribution is 7.99. The molecule has 8 nitrogen and oxygen atoms in total. The average Bonchev–Trinajstić information content (AvgIpc) is 3.15. The molecule has 0 aliphatic carbocycles. The normalized spacial score (nSPS) is 20.8. The minimum absolute atomic E-state index is 0.0549. The average molecular weight is 522 g/mol. The summed E-state index contributed by atoms with van der Waals surface area (Å²) in [4.78, 5) is 20.8. The molecule has 2 aliphatic rings. The van der Waals surface area contributed by atoms with Gasteiger partial charge >= 0.3 is 0 Å². The van der Waals surface area contributed by atoms with Crippen LogP contribution in [0, 0.1) is 24.2 Å². The van der Waals surface area contributed by atoms with E-state index in [1.165, 1.54) is 11.8 Å². The van der Waals surface area contributed by atoms with Crippen molar-refractivity contribution in [2.24, 2.45) is 11.1 Å². The quantitative estimate of drug-likeness (QED) is 0.497. The van der Waals surface area contributed by atoms with Crippen molar-refractivity contribution >= 4 is 35.0 Å². The molecule has 186 valence electrons. The van der Waals surface area contributed by atoms with Crippen LogP contribution < -0.4 is 16.4 Å². The number of ether oxygens (including phenoxy) is 1. The fourth-order valence-corrected chi connectivity index (χ4v) is 5.69. The standard InChI is InChI=1S/C26H28ClN7OS/c1-16-3-4-18(13-31-16)5-6-19-22(27)20(7-10-30-19)36-25-24(29)33-21(14-32-25)34-11-8-26(9-12-34)15-35-17(2)23(26)28/h3-4,7,10,13-14,17,23H,8-9,11-12,15,28H2,1-2H3,(H2,29,33)/t17-,23+/m0/s1. The second-order valence-corrected chi connectivity index (χ2v) is 10.7. The molecule has 2 aliphatic heterocycles. The summed E-state index contributed by atoms with van der Waals surface area (Å²) in [5.41, 5.74) is 15.0. The monoisotopic (exact) mass is 521 g/mol. The summed E-state index contributed by atoms with van der Waals surface area (Å²) in [5.74, 6) is 7.22. The van der Waals surface area contributed by atoms with E-state index in [0.717, 1.165) is 54.5 Å². The lowest BCUT2D eigenvalue weighted by Gasteiger charge is -2.41. The molecule has 5 heterocycles. The van der Waals surface area contributed by atoms with Gasteiger partial charge in [0.05, 0.1) is 23.9 Å². The first-order valence-electron chi connectivity index (χ1n) is 11.9. The van der Waals surface area contributed by atoms with Crippen LogP contribution in [0.1, 0.15) is 36.7 Å². The molecular weight excluding hydrogens is 494 g/mol. The van der Waals surface area contributed by atoms with Crippen LogP contribution in [0.15, 0.2) is 46.7 Å². The molecule has 4 N–H and O–H groups in total.